The minimum absolute atomic E-state index is 0.972. The van der Waals surface area contributed by atoms with Crippen LogP contribution in [-0.4, -0.2) is 9.97 Å². The fourth-order valence-corrected chi connectivity index (χ4v) is 4.01. The lowest BCUT2D eigenvalue weighted by molar-refractivity contribution is 1.14. The first-order valence-corrected chi connectivity index (χ1v) is 8.52. The molecule has 0 aliphatic heterocycles. The molecule has 0 amide bonds. The number of aryl methyl sites for hydroxylation is 3. The van der Waals surface area contributed by atoms with Gasteiger partial charge in [0.1, 0.15) is 0 Å². The van der Waals surface area contributed by atoms with E-state index in [2.05, 4.69) is 63.2 Å². The van der Waals surface area contributed by atoms with E-state index in [1.54, 1.807) is 0 Å². The van der Waals surface area contributed by atoms with E-state index in [4.69, 9.17) is 9.97 Å². The van der Waals surface area contributed by atoms with Crippen molar-refractivity contribution in [3.05, 3.63) is 59.2 Å². The van der Waals surface area contributed by atoms with Gasteiger partial charge in [-0.05, 0) is 48.4 Å². The van der Waals surface area contributed by atoms with Gasteiger partial charge in [-0.1, -0.05) is 43.3 Å². The Kier molecular flexibility index (Phi) is 2.64. The van der Waals surface area contributed by atoms with Crippen LogP contribution in [0, 0.1) is 13.8 Å². The second-order valence-corrected chi connectivity index (χ2v) is 6.67. The zero-order valence-corrected chi connectivity index (χ0v) is 14.1. The fraction of sp³-hybridized carbons (Fsp3) is 0.182. The van der Waals surface area contributed by atoms with E-state index in [9.17, 15) is 0 Å². The molecule has 24 heavy (non-hydrogen) atoms. The highest BCUT2D eigenvalue weighted by molar-refractivity contribution is 6.16. The molecule has 0 saturated heterocycles. The summed E-state index contributed by atoms with van der Waals surface area (Å²) >= 11 is 0. The van der Waals surface area contributed by atoms with Crippen molar-refractivity contribution in [2.24, 2.45) is 0 Å². The lowest BCUT2D eigenvalue weighted by Gasteiger charge is -2.08. The maximum atomic E-state index is 5.11. The molecule has 5 rings (SSSR count). The van der Waals surface area contributed by atoms with E-state index in [1.165, 1.54) is 38.6 Å². The van der Waals surface area contributed by atoms with Crippen LogP contribution in [-0.2, 0) is 6.42 Å². The van der Waals surface area contributed by atoms with Crippen molar-refractivity contribution in [1.82, 2.24) is 9.97 Å². The lowest BCUT2D eigenvalue weighted by Crippen LogP contribution is -1.95. The summed E-state index contributed by atoms with van der Waals surface area (Å²) in [5, 5.41) is 2.59. The average Bonchev–Trinajstić information content (AvgIpc) is 2.94. The molecule has 0 saturated carbocycles. The van der Waals surface area contributed by atoms with Gasteiger partial charge in [0.15, 0.2) is 0 Å². The second-order valence-electron chi connectivity index (χ2n) is 6.67. The van der Waals surface area contributed by atoms with Gasteiger partial charge in [0.05, 0.1) is 22.4 Å². The molecule has 1 heterocycles. The molecule has 0 N–H and O–H groups in total. The highest BCUT2D eigenvalue weighted by atomic mass is 14.8. The molecule has 3 aromatic carbocycles. The van der Waals surface area contributed by atoms with Crippen LogP contribution in [0.25, 0.3) is 44.3 Å². The van der Waals surface area contributed by atoms with E-state index in [1.807, 2.05) is 0 Å². The summed E-state index contributed by atoms with van der Waals surface area (Å²) in [5.41, 5.74) is 10.5. The maximum absolute atomic E-state index is 5.11. The van der Waals surface area contributed by atoms with E-state index in [0.29, 0.717) is 0 Å². The zero-order chi connectivity index (χ0) is 16.4. The molecule has 0 bridgehead atoms. The molecular formula is C22H18N2. The van der Waals surface area contributed by atoms with Gasteiger partial charge in [-0.3, -0.25) is 0 Å². The Morgan fingerprint density at radius 2 is 1.46 bits per heavy atom. The summed E-state index contributed by atoms with van der Waals surface area (Å²) in [6, 6.07) is 15.1. The maximum Gasteiger partial charge on any atom is 0.0982 e. The minimum atomic E-state index is 0.972. The van der Waals surface area contributed by atoms with Crippen molar-refractivity contribution in [3.63, 3.8) is 0 Å². The number of aromatic nitrogens is 2. The Hall–Kier alpha value is -2.74. The first kappa shape index (κ1) is 13.7. The number of benzene rings is 3. The molecule has 0 unspecified atom stereocenters. The summed E-state index contributed by atoms with van der Waals surface area (Å²) in [7, 11) is 0. The second kappa shape index (κ2) is 4.64. The summed E-state index contributed by atoms with van der Waals surface area (Å²) in [4.78, 5) is 10.1. The molecule has 2 nitrogen and oxygen atoms in total. The van der Waals surface area contributed by atoms with Crippen molar-refractivity contribution < 1.29 is 0 Å². The van der Waals surface area contributed by atoms with Crippen molar-refractivity contribution in [2.75, 3.05) is 0 Å². The van der Waals surface area contributed by atoms with Gasteiger partial charge >= 0.3 is 0 Å². The molecule has 0 atom stereocenters. The van der Waals surface area contributed by atoms with Crippen molar-refractivity contribution in [2.45, 2.75) is 27.2 Å². The zero-order valence-electron chi connectivity index (χ0n) is 14.1. The molecule has 116 valence electrons. The van der Waals surface area contributed by atoms with Crippen LogP contribution >= 0.6 is 0 Å². The predicted molar refractivity (Wildman–Crippen MR) is 100 cm³/mol. The molecule has 4 aromatic rings. The lowest BCUT2D eigenvalue weighted by atomic mass is 9.98. The SMILES string of the molecule is CCc1cccc2nc3c(nc12)-c1c(C)ccc2ccc(C)c-3c12. The molecule has 0 spiro atoms. The Morgan fingerprint density at radius 1 is 0.792 bits per heavy atom. The molecular weight excluding hydrogens is 292 g/mol. The summed E-state index contributed by atoms with van der Waals surface area (Å²) in [6.07, 6.45) is 0.972. The smallest absolute Gasteiger partial charge is 0.0982 e. The fourth-order valence-electron chi connectivity index (χ4n) is 4.01. The Morgan fingerprint density at radius 3 is 2.12 bits per heavy atom. The number of hydrogen-bond donors (Lipinski definition) is 0. The van der Waals surface area contributed by atoms with Gasteiger partial charge in [0.2, 0.25) is 0 Å². The molecule has 0 radical (unpaired) electrons. The van der Waals surface area contributed by atoms with Crippen molar-refractivity contribution >= 4 is 21.8 Å². The third kappa shape index (κ3) is 1.60. The Bertz CT molecular complexity index is 1150. The third-order valence-electron chi connectivity index (χ3n) is 5.24. The number of para-hydroxylation sites is 1. The number of nitrogens with zero attached hydrogens (tertiary/aromatic N) is 2. The molecule has 2 heteroatoms. The summed E-state index contributed by atoms with van der Waals surface area (Å²) < 4.78 is 0. The molecule has 0 fully saturated rings. The Balaban J connectivity index is 2.01. The largest absolute Gasteiger partial charge is 0.244 e. The number of rotatable bonds is 1. The first-order chi connectivity index (χ1) is 11.7. The van der Waals surface area contributed by atoms with Crippen LogP contribution < -0.4 is 0 Å². The van der Waals surface area contributed by atoms with Crippen LogP contribution in [0.1, 0.15) is 23.6 Å². The monoisotopic (exact) mass is 310 g/mol. The topological polar surface area (TPSA) is 25.8 Å². The molecule has 1 aliphatic rings. The Labute approximate surface area is 141 Å². The first-order valence-electron chi connectivity index (χ1n) is 8.52. The van der Waals surface area contributed by atoms with Gasteiger partial charge < -0.3 is 0 Å². The van der Waals surface area contributed by atoms with Crippen LogP contribution in [0.15, 0.2) is 42.5 Å². The van der Waals surface area contributed by atoms with Gasteiger partial charge in [0, 0.05) is 16.5 Å². The summed E-state index contributed by atoms with van der Waals surface area (Å²) in [6.45, 7) is 6.52. The van der Waals surface area contributed by atoms with Gasteiger partial charge in [0.25, 0.3) is 0 Å². The van der Waals surface area contributed by atoms with Crippen LogP contribution in [0.4, 0.5) is 0 Å². The van der Waals surface area contributed by atoms with Crippen LogP contribution in [0.3, 0.4) is 0 Å². The van der Waals surface area contributed by atoms with Gasteiger partial charge in [-0.15, -0.1) is 0 Å². The van der Waals surface area contributed by atoms with E-state index >= 15 is 0 Å². The van der Waals surface area contributed by atoms with Crippen LogP contribution in [0.5, 0.6) is 0 Å². The highest BCUT2D eigenvalue weighted by Crippen LogP contribution is 2.48. The number of hydrogen-bond acceptors (Lipinski definition) is 2. The van der Waals surface area contributed by atoms with E-state index < -0.39 is 0 Å². The van der Waals surface area contributed by atoms with Crippen molar-refractivity contribution in [1.29, 1.82) is 0 Å². The quantitative estimate of drug-likeness (QED) is 0.402. The normalized spacial score (nSPS) is 12.1. The molecule has 1 aliphatic carbocycles. The molecule has 1 aromatic heterocycles. The van der Waals surface area contributed by atoms with E-state index in [0.717, 1.165) is 28.8 Å². The minimum Gasteiger partial charge on any atom is -0.244 e. The van der Waals surface area contributed by atoms with E-state index in [-0.39, 0.29) is 0 Å². The van der Waals surface area contributed by atoms with Gasteiger partial charge in [-0.25, -0.2) is 9.97 Å². The average molecular weight is 310 g/mol. The highest BCUT2D eigenvalue weighted by Gasteiger charge is 2.27. The standard InChI is InChI=1S/C22H18N2/c1-4-14-6-5-7-16-20(14)24-22-18-13(3)9-11-15-10-8-12(2)17(19(15)18)21(22)23-16/h5-11H,4H2,1-3H3. The number of fused-ring (bicyclic) bond motifs is 4. The third-order valence-corrected chi connectivity index (χ3v) is 5.24. The van der Waals surface area contributed by atoms with Crippen molar-refractivity contribution in [3.8, 4) is 22.5 Å². The predicted octanol–water partition coefficient (Wildman–Crippen LogP) is 5.61. The van der Waals surface area contributed by atoms with Gasteiger partial charge in [-0.2, -0.15) is 0 Å². The summed E-state index contributed by atoms with van der Waals surface area (Å²) in [5.74, 6) is 0. The van der Waals surface area contributed by atoms with Crippen LogP contribution in [0.2, 0.25) is 0 Å².